The molecule has 32 heavy (non-hydrogen) atoms. The van der Waals surface area contributed by atoms with Crippen LogP contribution in [0.5, 0.6) is 0 Å². The van der Waals surface area contributed by atoms with Crippen LogP contribution < -0.4 is 0 Å². The molecule has 2 nitrogen and oxygen atoms in total. The summed E-state index contributed by atoms with van der Waals surface area (Å²) in [6.07, 6.45) is 17.6. The zero-order chi connectivity index (χ0) is 22.3. The van der Waals surface area contributed by atoms with Crippen LogP contribution >= 0.6 is 0 Å². The van der Waals surface area contributed by atoms with Gasteiger partial charge in [0, 0.05) is 18.9 Å². The first-order valence-corrected chi connectivity index (χ1v) is 12.9. The van der Waals surface area contributed by atoms with Crippen LogP contribution in [0.1, 0.15) is 68.6 Å². The average Bonchev–Trinajstić information content (AvgIpc) is 3.14. The van der Waals surface area contributed by atoms with Gasteiger partial charge in [0.25, 0.3) is 0 Å². The van der Waals surface area contributed by atoms with Crippen LogP contribution in [0.15, 0.2) is 30.4 Å². The standard InChI is InChI=1S/C30H36O2/c1-4-18-6-8-24-19(12-18)15-30-11-10-23(32)14-22(30)13-20(17-31)27-26-9-7-21(5-2)29(26,3)16-25(24)28(27)30/h2,6,8,10-12,20-22,25-28,31H,4,7,9,13-17H2,1,3H3/t20-,21?,22?,25?,26-,27-,28?,29+,30+/m0/s1. The van der Waals surface area contributed by atoms with Crippen LogP contribution in [-0.2, 0) is 17.6 Å². The van der Waals surface area contributed by atoms with Gasteiger partial charge in [-0.2, -0.15) is 0 Å². The Morgan fingerprint density at radius 1 is 1.28 bits per heavy atom. The predicted octanol–water partition coefficient (Wildman–Crippen LogP) is 5.33. The molecule has 168 valence electrons. The minimum absolute atomic E-state index is 0.0594. The Morgan fingerprint density at radius 3 is 2.88 bits per heavy atom. The van der Waals surface area contributed by atoms with Gasteiger partial charge in [-0.05, 0) is 108 Å². The lowest BCUT2D eigenvalue weighted by Gasteiger charge is -2.66. The molecule has 3 saturated carbocycles. The minimum Gasteiger partial charge on any atom is -0.396 e. The van der Waals surface area contributed by atoms with Crippen molar-refractivity contribution in [2.24, 2.45) is 46.3 Å². The molecule has 0 bridgehead atoms. The van der Waals surface area contributed by atoms with Gasteiger partial charge in [-0.25, -0.2) is 0 Å². The van der Waals surface area contributed by atoms with E-state index >= 15 is 0 Å². The molecule has 1 aromatic rings. The van der Waals surface area contributed by atoms with Crippen molar-refractivity contribution in [2.45, 2.75) is 64.7 Å². The number of carbonyl (C=O) groups excluding carboxylic acids is 1. The quantitative estimate of drug-likeness (QED) is 0.646. The van der Waals surface area contributed by atoms with Crippen molar-refractivity contribution in [1.29, 1.82) is 0 Å². The number of carbonyl (C=O) groups is 1. The van der Waals surface area contributed by atoms with E-state index in [-0.39, 0.29) is 29.1 Å². The first-order chi connectivity index (χ1) is 15.4. The number of hydrogen-bond donors (Lipinski definition) is 1. The van der Waals surface area contributed by atoms with Crippen LogP contribution in [0, 0.1) is 58.7 Å². The number of ketones is 1. The second-order valence-corrected chi connectivity index (χ2v) is 11.9. The van der Waals surface area contributed by atoms with Gasteiger partial charge in [-0.1, -0.05) is 38.1 Å². The number of fused-ring (bicyclic) bond motifs is 4. The zero-order valence-electron chi connectivity index (χ0n) is 19.5. The van der Waals surface area contributed by atoms with Crippen LogP contribution in [0.25, 0.3) is 0 Å². The van der Waals surface area contributed by atoms with Crippen molar-refractivity contribution in [3.05, 3.63) is 47.0 Å². The van der Waals surface area contributed by atoms with E-state index < -0.39 is 0 Å². The smallest absolute Gasteiger partial charge is 0.155 e. The zero-order valence-corrected chi connectivity index (χ0v) is 19.5. The molecule has 0 aromatic heterocycles. The summed E-state index contributed by atoms with van der Waals surface area (Å²) in [5.41, 5.74) is 4.66. The van der Waals surface area contributed by atoms with Gasteiger partial charge in [-0.3, -0.25) is 4.79 Å². The lowest BCUT2D eigenvalue weighted by Crippen LogP contribution is -2.61. The average molecular weight is 429 g/mol. The topological polar surface area (TPSA) is 37.3 Å². The fourth-order valence-electron chi connectivity index (χ4n) is 9.58. The highest BCUT2D eigenvalue weighted by molar-refractivity contribution is 5.91. The van der Waals surface area contributed by atoms with E-state index in [1.54, 1.807) is 0 Å². The highest BCUT2D eigenvalue weighted by atomic mass is 16.3. The summed E-state index contributed by atoms with van der Waals surface area (Å²) in [7, 11) is 0. The molecule has 1 aromatic carbocycles. The van der Waals surface area contributed by atoms with E-state index in [2.05, 4.69) is 44.0 Å². The highest BCUT2D eigenvalue weighted by Crippen LogP contribution is 2.73. The Hall–Kier alpha value is -1.85. The first kappa shape index (κ1) is 20.7. The molecule has 6 rings (SSSR count). The molecular weight excluding hydrogens is 392 g/mol. The summed E-state index contributed by atoms with van der Waals surface area (Å²) in [5.74, 6) is 6.51. The molecular formula is C30H36O2. The van der Waals surface area contributed by atoms with Crippen molar-refractivity contribution < 1.29 is 9.90 Å². The summed E-state index contributed by atoms with van der Waals surface area (Å²) >= 11 is 0. The number of rotatable bonds is 2. The summed E-state index contributed by atoms with van der Waals surface area (Å²) in [4.78, 5) is 12.5. The van der Waals surface area contributed by atoms with Gasteiger partial charge in [0.05, 0.1) is 0 Å². The number of aryl methyl sites for hydroxylation is 1. The van der Waals surface area contributed by atoms with Gasteiger partial charge in [0.15, 0.2) is 5.78 Å². The van der Waals surface area contributed by atoms with Crippen LogP contribution in [-0.4, -0.2) is 17.5 Å². The number of aliphatic hydroxyl groups excluding tert-OH is 1. The number of terminal acetylenes is 1. The predicted molar refractivity (Wildman–Crippen MR) is 127 cm³/mol. The third-order valence-electron chi connectivity index (χ3n) is 10.9. The monoisotopic (exact) mass is 428 g/mol. The Bertz CT molecular complexity index is 1030. The molecule has 3 fully saturated rings. The van der Waals surface area contributed by atoms with Crippen molar-refractivity contribution in [3.63, 3.8) is 0 Å². The van der Waals surface area contributed by atoms with E-state index in [9.17, 15) is 9.90 Å². The van der Waals surface area contributed by atoms with Crippen molar-refractivity contribution in [2.75, 3.05) is 6.61 Å². The van der Waals surface area contributed by atoms with Crippen LogP contribution in [0.4, 0.5) is 0 Å². The fraction of sp³-hybridized carbons (Fsp3) is 0.633. The first-order valence-electron chi connectivity index (χ1n) is 12.9. The van der Waals surface area contributed by atoms with E-state index in [4.69, 9.17) is 6.42 Å². The SMILES string of the molecule is C#CC1CC[C@H]2[C@H]3C4C(C[C@]12C)c1ccc(CC)cc1C[C@@]41C=CC(=O)CC1C[C@H]3CO. The van der Waals surface area contributed by atoms with Gasteiger partial charge in [0.2, 0.25) is 0 Å². The Morgan fingerprint density at radius 2 is 2.12 bits per heavy atom. The molecule has 0 heterocycles. The van der Waals surface area contributed by atoms with E-state index in [0.717, 1.165) is 32.1 Å². The van der Waals surface area contributed by atoms with E-state index in [0.29, 0.717) is 41.9 Å². The molecule has 4 unspecified atom stereocenters. The molecule has 0 saturated heterocycles. The van der Waals surface area contributed by atoms with Crippen LogP contribution in [0.3, 0.4) is 0 Å². The highest BCUT2D eigenvalue weighted by Gasteiger charge is 2.67. The second-order valence-electron chi connectivity index (χ2n) is 11.9. The molecule has 0 radical (unpaired) electrons. The van der Waals surface area contributed by atoms with Crippen molar-refractivity contribution in [3.8, 4) is 12.3 Å². The molecule has 5 aliphatic carbocycles. The maximum atomic E-state index is 12.5. The molecule has 9 atom stereocenters. The van der Waals surface area contributed by atoms with E-state index in [1.807, 2.05) is 6.08 Å². The second kappa shape index (κ2) is 7.07. The molecule has 1 N–H and O–H groups in total. The van der Waals surface area contributed by atoms with Crippen LogP contribution in [0.2, 0.25) is 0 Å². The fourth-order valence-corrected chi connectivity index (χ4v) is 9.58. The van der Waals surface area contributed by atoms with Gasteiger partial charge >= 0.3 is 0 Å². The maximum absolute atomic E-state index is 12.5. The summed E-state index contributed by atoms with van der Waals surface area (Å²) in [6.45, 7) is 4.94. The number of benzene rings is 1. The van der Waals surface area contributed by atoms with Crippen molar-refractivity contribution >= 4 is 5.78 Å². The number of hydrogen-bond acceptors (Lipinski definition) is 2. The molecule has 0 aliphatic heterocycles. The molecule has 2 heteroatoms. The Labute approximate surface area is 192 Å². The normalized spacial score (nSPS) is 45.9. The lowest BCUT2D eigenvalue weighted by molar-refractivity contribution is -0.145. The minimum atomic E-state index is 0.0594. The van der Waals surface area contributed by atoms with Crippen molar-refractivity contribution in [1.82, 2.24) is 0 Å². The summed E-state index contributed by atoms with van der Waals surface area (Å²) in [5, 5.41) is 10.6. The number of aliphatic hydroxyl groups is 1. The molecule has 0 amide bonds. The largest absolute Gasteiger partial charge is 0.396 e. The van der Waals surface area contributed by atoms with Gasteiger partial charge in [0.1, 0.15) is 0 Å². The maximum Gasteiger partial charge on any atom is 0.155 e. The summed E-state index contributed by atoms with van der Waals surface area (Å²) < 4.78 is 0. The Kier molecular flexibility index (Phi) is 4.58. The van der Waals surface area contributed by atoms with Gasteiger partial charge in [-0.15, -0.1) is 12.3 Å². The Balaban J connectivity index is 1.58. The van der Waals surface area contributed by atoms with E-state index in [1.165, 1.54) is 23.1 Å². The molecule has 1 spiro atoms. The third kappa shape index (κ3) is 2.55. The third-order valence-corrected chi connectivity index (χ3v) is 10.9. The summed E-state index contributed by atoms with van der Waals surface area (Å²) in [6, 6.07) is 7.20. The lowest BCUT2D eigenvalue weighted by atomic mass is 9.37. The molecule has 5 aliphatic rings. The number of allylic oxidation sites excluding steroid dienone is 2. The van der Waals surface area contributed by atoms with Gasteiger partial charge < -0.3 is 5.11 Å².